The van der Waals surface area contributed by atoms with Crippen molar-refractivity contribution in [2.45, 2.75) is 19.5 Å². The molecule has 0 bridgehead atoms. The fourth-order valence-corrected chi connectivity index (χ4v) is 1.81. The topological polar surface area (TPSA) is 9.23 Å². The number of benzene rings is 1. The lowest BCUT2D eigenvalue weighted by Gasteiger charge is -2.11. The summed E-state index contributed by atoms with van der Waals surface area (Å²) in [6, 6.07) is 4.91. The minimum atomic E-state index is -4.33. The second-order valence-corrected chi connectivity index (χ2v) is 4.33. The molecule has 0 radical (unpaired) electrons. The Labute approximate surface area is 113 Å². The molecule has 0 amide bonds. The number of hydrogen-bond donors (Lipinski definition) is 0. The van der Waals surface area contributed by atoms with Crippen LogP contribution in [-0.4, -0.2) is 11.9 Å². The fraction of sp³-hybridized carbons (Fsp3) is 0.385. The maximum absolute atomic E-state index is 12.5. The smallest absolute Gasteiger partial charge is 0.416 e. The first-order valence-corrected chi connectivity index (χ1v) is 6.63. The monoisotopic (exact) mass is 322 g/mol. The summed E-state index contributed by atoms with van der Waals surface area (Å²) in [6.07, 6.45) is -1.57. The lowest BCUT2D eigenvalue weighted by Crippen LogP contribution is -2.06. The molecule has 0 fully saturated rings. The van der Waals surface area contributed by atoms with E-state index in [0.717, 1.165) is 24.1 Å². The molecule has 0 aliphatic rings. The van der Waals surface area contributed by atoms with Crippen LogP contribution in [0.25, 0.3) is 0 Å². The standard InChI is InChI=1S/C13H14BrF3O/c1-2-10(6-7-14)9-18-12-5-3-4-11(8-12)13(15,16)17/h3-6,8H,2,7,9H2,1H3/b10-6+. The molecule has 0 aliphatic heterocycles. The molecule has 1 rings (SSSR count). The molecule has 0 unspecified atom stereocenters. The normalized spacial score (nSPS) is 12.6. The van der Waals surface area contributed by atoms with Crippen molar-refractivity contribution < 1.29 is 17.9 Å². The van der Waals surface area contributed by atoms with Gasteiger partial charge in [-0.1, -0.05) is 35.0 Å². The average Bonchev–Trinajstić information content (AvgIpc) is 2.34. The zero-order valence-corrected chi connectivity index (χ0v) is 11.5. The van der Waals surface area contributed by atoms with E-state index in [9.17, 15) is 13.2 Å². The Kier molecular flexibility index (Phi) is 5.72. The summed E-state index contributed by atoms with van der Waals surface area (Å²) >= 11 is 3.27. The van der Waals surface area contributed by atoms with E-state index in [4.69, 9.17) is 4.74 Å². The molecular formula is C13H14BrF3O. The molecule has 5 heteroatoms. The van der Waals surface area contributed by atoms with E-state index in [1.807, 2.05) is 13.0 Å². The Hall–Kier alpha value is -0.970. The van der Waals surface area contributed by atoms with Crippen LogP contribution in [-0.2, 0) is 6.18 Å². The second kappa shape index (κ2) is 6.83. The zero-order chi connectivity index (χ0) is 13.6. The predicted octanol–water partition coefficient (Wildman–Crippen LogP) is 4.82. The molecule has 1 nitrogen and oxygen atoms in total. The third-order valence-electron chi connectivity index (χ3n) is 2.41. The van der Waals surface area contributed by atoms with Crippen LogP contribution in [0.1, 0.15) is 18.9 Å². The molecule has 0 spiro atoms. The average molecular weight is 323 g/mol. The maximum atomic E-state index is 12.5. The van der Waals surface area contributed by atoms with Crippen molar-refractivity contribution in [3.05, 3.63) is 41.5 Å². The lowest BCUT2D eigenvalue weighted by atomic mass is 10.2. The number of alkyl halides is 4. The molecule has 1 aromatic carbocycles. The molecule has 100 valence electrons. The molecule has 0 saturated carbocycles. The van der Waals surface area contributed by atoms with Crippen molar-refractivity contribution in [3.8, 4) is 5.75 Å². The van der Waals surface area contributed by atoms with E-state index < -0.39 is 11.7 Å². The Balaban J connectivity index is 2.71. The van der Waals surface area contributed by atoms with Gasteiger partial charge in [0.2, 0.25) is 0 Å². The molecule has 0 atom stereocenters. The van der Waals surface area contributed by atoms with Gasteiger partial charge in [0.05, 0.1) is 5.56 Å². The van der Waals surface area contributed by atoms with Crippen LogP contribution >= 0.6 is 15.9 Å². The number of rotatable bonds is 5. The van der Waals surface area contributed by atoms with Crippen LogP contribution in [0.15, 0.2) is 35.9 Å². The van der Waals surface area contributed by atoms with Gasteiger partial charge in [0.15, 0.2) is 0 Å². The van der Waals surface area contributed by atoms with Crippen molar-refractivity contribution in [2.75, 3.05) is 11.9 Å². The van der Waals surface area contributed by atoms with Gasteiger partial charge in [-0.25, -0.2) is 0 Å². The SMILES string of the molecule is CC/C(=C\CBr)COc1cccc(C(F)(F)F)c1. The van der Waals surface area contributed by atoms with Gasteiger partial charge in [-0.05, 0) is 30.2 Å². The summed E-state index contributed by atoms with van der Waals surface area (Å²) in [5.41, 5.74) is 0.354. The lowest BCUT2D eigenvalue weighted by molar-refractivity contribution is -0.137. The minimum Gasteiger partial charge on any atom is -0.489 e. The van der Waals surface area contributed by atoms with Crippen molar-refractivity contribution in [1.29, 1.82) is 0 Å². The number of allylic oxidation sites excluding steroid dienone is 1. The van der Waals surface area contributed by atoms with Gasteiger partial charge in [-0.15, -0.1) is 0 Å². The Bertz CT molecular complexity index is 413. The first-order chi connectivity index (χ1) is 8.47. The predicted molar refractivity (Wildman–Crippen MR) is 69.1 cm³/mol. The largest absolute Gasteiger partial charge is 0.489 e. The van der Waals surface area contributed by atoms with Gasteiger partial charge in [0.1, 0.15) is 12.4 Å². The van der Waals surface area contributed by atoms with Crippen LogP contribution in [0.4, 0.5) is 13.2 Å². The van der Waals surface area contributed by atoms with Gasteiger partial charge in [-0.2, -0.15) is 13.2 Å². The van der Waals surface area contributed by atoms with Gasteiger partial charge in [-0.3, -0.25) is 0 Å². The molecule has 0 heterocycles. The highest BCUT2D eigenvalue weighted by Gasteiger charge is 2.30. The maximum Gasteiger partial charge on any atom is 0.416 e. The summed E-state index contributed by atoms with van der Waals surface area (Å²) in [7, 11) is 0. The zero-order valence-electron chi connectivity index (χ0n) is 9.93. The van der Waals surface area contributed by atoms with E-state index in [1.54, 1.807) is 0 Å². The molecule has 0 aliphatic carbocycles. The van der Waals surface area contributed by atoms with Gasteiger partial charge in [0, 0.05) is 5.33 Å². The van der Waals surface area contributed by atoms with Gasteiger partial charge < -0.3 is 4.74 Å². The fourth-order valence-electron chi connectivity index (χ4n) is 1.35. The molecule has 0 saturated heterocycles. The first-order valence-electron chi connectivity index (χ1n) is 5.51. The summed E-state index contributed by atoms with van der Waals surface area (Å²) < 4.78 is 42.8. The molecule has 0 N–H and O–H groups in total. The highest BCUT2D eigenvalue weighted by atomic mass is 79.9. The van der Waals surface area contributed by atoms with E-state index in [-0.39, 0.29) is 5.75 Å². The number of ether oxygens (including phenoxy) is 1. The van der Waals surface area contributed by atoms with Crippen LogP contribution in [0.5, 0.6) is 5.75 Å². The van der Waals surface area contributed by atoms with Crippen LogP contribution < -0.4 is 4.74 Å². The van der Waals surface area contributed by atoms with Crippen LogP contribution in [0.2, 0.25) is 0 Å². The summed E-state index contributed by atoms with van der Waals surface area (Å²) in [5.74, 6) is 0.235. The Morgan fingerprint density at radius 2 is 2.11 bits per heavy atom. The first kappa shape index (κ1) is 15.1. The Morgan fingerprint density at radius 3 is 2.67 bits per heavy atom. The highest BCUT2D eigenvalue weighted by Crippen LogP contribution is 2.31. The van der Waals surface area contributed by atoms with Gasteiger partial charge in [0.25, 0.3) is 0 Å². The van der Waals surface area contributed by atoms with Crippen molar-refractivity contribution in [1.82, 2.24) is 0 Å². The molecule has 18 heavy (non-hydrogen) atoms. The highest BCUT2D eigenvalue weighted by molar-refractivity contribution is 9.09. The molecular weight excluding hydrogens is 309 g/mol. The quantitative estimate of drug-likeness (QED) is 0.558. The number of halogens is 4. The van der Waals surface area contributed by atoms with Crippen molar-refractivity contribution in [3.63, 3.8) is 0 Å². The van der Waals surface area contributed by atoms with Crippen molar-refractivity contribution >= 4 is 15.9 Å². The minimum absolute atomic E-state index is 0.235. The van der Waals surface area contributed by atoms with E-state index in [1.165, 1.54) is 12.1 Å². The van der Waals surface area contributed by atoms with E-state index >= 15 is 0 Å². The van der Waals surface area contributed by atoms with Crippen LogP contribution in [0, 0.1) is 0 Å². The third-order valence-corrected chi connectivity index (χ3v) is 2.73. The van der Waals surface area contributed by atoms with Crippen molar-refractivity contribution in [2.24, 2.45) is 0 Å². The van der Waals surface area contributed by atoms with E-state index in [0.29, 0.717) is 11.9 Å². The summed E-state index contributed by atoms with van der Waals surface area (Å²) in [5, 5.41) is 0.710. The summed E-state index contributed by atoms with van der Waals surface area (Å²) in [6.45, 7) is 2.29. The molecule has 0 aromatic heterocycles. The summed E-state index contributed by atoms with van der Waals surface area (Å²) in [4.78, 5) is 0. The third kappa shape index (κ3) is 4.72. The molecule has 1 aromatic rings. The Morgan fingerprint density at radius 1 is 1.39 bits per heavy atom. The second-order valence-electron chi connectivity index (χ2n) is 3.68. The van der Waals surface area contributed by atoms with E-state index in [2.05, 4.69) is 15.9 Å². The number of hydrogen-bond acceptors (Lipinski definition) is 1. The van der Waals surface area contributed by atoms with Gasteiger partial charge >= 0.3 is 6.18 Å². The van der Waals surface area contributed by atoms with Crippen LogP contribution in [0.3, 0.4) is 0 Å².